The second-order valence-corrected chi connectivity index (χ2v) is 12.9. The molecule has 2 aromatic rings. The number of halogens is 2. The fraction of sp³-hybridized carbons (Fsp3) is 0.500. The number of nitrogens with zero attached hydrogens (tertiary/aromatic N) is 1. The Morgan fingerprint density at radius 3 is 2.37 bits per heavy atom. The first-order chi connectivity index (χ1) is 16.5. The molecular weight excluding hydrogens is 472 g/mol. The third kappa shape index (κ3) is 3.93. The zero-order chi connectivity index (χ0) is 24.6. The highest BCUT2D eigenvalue weighted by molar-refractivity contribution is 7.88. The van der Waals surface area contributed by atoms with Crippen LogP contribution in [0.15, 0.2) is 48.5 Å². The first-order valence-electron chi connectivity index (χ1n) is 12.1. The Kier molecular flexibility index (Phi) is 4.90. The molecule has 35 heavy (non-hydrogen) atoms. The first kappa shape index (κ1) is 22.9. The van der Waals surface area contributed by atoms with Crippen molar-refractivity contribution in [3.63, 3.8) is 0 Å². The predicted molar refractivity (Wildman–Crippen MR) is 128 cm³/mol. The molecule has 9 heteroatoms. The third-order valence-electron chi connectivity index (χ3n) is 8.35. The van der Waals surface area contributed by atoms with Gasteiger partial charge in [-0.05, 0) is 30.4 Å². The summed E-state index contributed by atoms with van der Waals surface area (Å²) in [7, 11) is -3.55. The van der Waals surface area contributed by atoms with Crippen molar-refractivity contribution in [3.8, 4) is 11.1 Å². The number of hydrogen-bond donors (Lipinski definition) is 2. The number of urea groups is 1. The molecule has 0 aromatic heterocycles. The molecule has 1 saturated heterocycles. The molecule has 4 saturated carbocycles. The average Bonchev–Trinajstić information content (AvgIpc) is 3.48. The van der Waals surface area contributed by atoms with Gasteiger partial charge in [0.25, 0.3) is 0 Å². The van der Waals surface area contributed by atoms with E-state index in [1.165, 1.54) is 0 Å². The zero-order valence-corrected chi connectivity index (χ0v) is 20.4. The van der Waals surface area contributed by atoms with Crippen LogP contribution in [0.3, 0.4) is 0 Å². The van der Waals surface area contributed by atoms with Gasteiger partial charge in [0.2, 0.25) is 10.0 Å². The predicted octanol–water partition coefficient (Wildman–Crippen LogP) is 3.77. The van der Waals surface area contributed by atoms with Crippen molar-refractivity contribution in [3.05, 3.63) is 59.9 Å². The van der Waals surface area contributed by atoms with Crippen molar-refractivity contribution in [1.29, 1.82) is 0 Å². The van der Waals surface area contributed by atoms with Crippen LogP contribution in [0.2, 0.25) is 0 Å². The summed E-state index contributed by atoms with van der Waals surface area (Å²) in [5, 5.41) is 3.02. The topological polar surface area (TPSA) is 78.5 Å². The molecule has 7 rings (SSSR count). The number of nitrogens with one attached hydrogen (secondary N) is 2. The average molecular weight is 502 g/mol. The van der Waals surface area contributed by atoms with E-state index in [1.807, 2.05) is 30.3 Å². The fourth-order valence-electron chi connectivity index (χ4n) is 6.56. The summed E-state index contributed by atoms with van der Waals surface area (Å²) in [6, 6.07) is 13.1. The number of hydrogen-bond acceptors (Lipinski definition) is 3. The van der Waals surface area contributed by atoms with Crippen LogP contribution >= 0.6 is 0 Å². The van der Waals surface area contributed by atoms with E-state index < -0.39 is 33.3 Å². The van der Waals surface area contributed by atoms with Crippen LogP contribution < -0.4 is 10.0 Å². The Morgan fingerprint density at radius 1 is 1.09 bits per heavy atom. The zero-order valence-electron chi connectivity index (χ0n) is 19.6. The Hall–Kier alpha value is -2.52. The molecule has 1 heterocycles. The summed E-state index contributed by atoms with van der Waals surface area (Å²) in [6.45, 7) is 0.396. The lowest BCUT2D eigenvalue weighted by Crippen LogP contribution is -2.77. The van der Waals surface area contributed by atoms with Crippen molar-refractivity contribution in [2.24, 2.45) is 5.41 Å². The number of alkyl halides is 1. The minimum Gasteiger partial charge on any atom is -0.332 e. The Morgan fingerprint density at radius 2 is 1.77 bits per heavy atom. The van der Waals surface area contributed by atoms with Gasteiger partial charge in [-0.2, -0.15) is 0 Å². The monoisotopic (exact) mass is 501 g/mol. The van der Waals surface area contributed by atoms with Gasteiger partial charge in [0.05, 0.1) is 17.8 Å². The minimum atomic E-state index is -3.55. The van der Waals surface area contributed by atoms with Gasteiger partial charge in [0.15, 0.2) is 0 Å². The number of amides is 2. The van der Waals surface area contributed by atoms with Crippen LogP contribution in [0.4, 0.5) is 13.6 Å². The lowest BCUT2D eigenvalue weighted by molar-refractivity contribution is -0.163. The van der Waals surface area contributed by atoms with Gasteiger partial charge >= 0.3 is 6.03 Å². The summed E-state index contributed by atoms with van der Waals surface area (Å²) in [4.78, 5) is 15.1. The standard InChI is InChI=1S/C26H29F2N3O3S/c1-35(33,34)30-22-20(12-18-8-5-9-19(21(18)27)17-6-3-2-4-7-17)31(16-24(22)10-11-24)23(32)29-26-13-25(28,14-26)15-26/h2-9,20,22,30H,10-16H2,1H3,(H,29,32)/t20-,22+,25?,26?/m0/s1. The minimum absolute atomic E-state index is 0.176. The number of carbonyl (C=O) groups excluding carboxylic acids is 1. The summed E-state index contributed by atoms with van der Waals surface area (Å²) >= 11 is 0. The normalized spacial score (nSPS) is 32.1. The highest BCUT2D eigenvalue weighted by Gasteiger charge is 2.70. The molecule has 1 aliphatic heterocycles. The summed E-state index contributed by atoms with van der Waals surface area (Å²) in [6.07, 6.45) is 3.87. The van der Waals surface area contributed by atoms with Gasteiger partial charge < -0.3 is 10.2 Å². The Labute approximate surface area is 204 Å². The van der Waals surface area contributed by atoms with Gasteiger partial charge in [-0.3, -0.25) is 0 Å². The summed E-state index contributed by atoms with van der Waals surface area (Å²) in [5.41, 5.74) is -0.334. The summed E-state index contributed by atoms with van der Waals surface area (Å²) in [5.74, 6) is -0.368. The quantitative estimate of drug-likeness (QED) is 0.633. The molecule has 0 unspecified atom stereocenters. The third-order valence-corrected chi connectivity index (χ3v) is 9.04. The van der Waals surface area contributed by atoms with E-state index in [-0.39, 0.29) is 23.7 Å². The second kappa shape index (κ2) is 7.49. The maximum Gasteiger partial charge on any atom is 0.318 e. The molecule has 4 aliphatic carbocycles. The van der Waals surface area contributed by atoms with Gasteiger partial charge in [-0.15, -0.1) is 0 Å². The van der Waals surface area contributed by atoms with Crippen molar-refractivity contribution in [1.82, 2.24) is 14.9 Å². The van der Waals surface area contributed by atoms with Gasteiger partial charge in [0, 0.05) is 42.8 Å². The molecule has 2 aromatic carbocycles. The molecule has 5 fully saturated rings. The smallest absolute Gasteiger partial charge is 0.318 e. The second-order valence-electron chi connectivity index (χ2n) is 11.2. The van der Waals surface area contributed by atoms with Crippen LogP contribution in [-0.4, -0.2) is 55.4 Å². The van der Waals surface area contributed by atoms with E-state index in [4.69, 9.17) is 0 Å². The molecule has 5 aliphatic rings. The van der Waals surface area contributed by atoms with Crippen molar-refractivity contribution in [2.75, 3.05) is 12.8 Å². The number of benzene rings is 2. The number of likely N-dealkylation sites (tertiary alicyclic amines) is 1. The van der Waals surface area contributed by atoms with Crippen molar-refractivity contribution >= 4 is 16.1 Å². The highest BCUT2D eigenvalue weighted by Crippen LogP contribution is 2.63. The molecule has 2 N–H and O–H groups in total. The van der Waals surface area contributed by atoms with E-state index in [1.54, 1.807) is 23.1 Å². The lowest BCUT2D eigenvalue weighted by atomic mass is 9.47. The van der Waals surface area contributed by atoms with E-state index in [0.717, 1.165) is 24.7 Å². The molecule has 0 radical (unpaired) electrons. The van der Waals surface area contributed by atoms with Gasteiger partial charge in [-0.1, -0.05) is 48.5 Å². The maximum absolute atomic E-state index is 15.7. The molecule has 6 nitrogen and oxygen atoms in total. The van der Waals surface area contributed by atoms with E-state index in [2.05, 4.69) is 10.0 Å². The van der Waals surface area contributed by atoms with Gasteiger partial charge in [-0.25, -0.2) is 26.7 Å². The molecule has 186 valence electrons. The van der Waals surface area contributed by atoms with Crippen LogP contribution in [0.25, 0.3) is 11.1 Å². The van der Waals surface area contributed by atoms with Crippen LogP contribution in [-0.2, 0) is 16.4 Å². The van der Waals surface area contributed by atoms with Crippen molar-refractivity contribution < 1.29 is 22.0 Å². The molecule has 2 bridgehead atoms. The van der Waals surface area contributed by atoms with Crippen LogP contribution in [0, 0.1) is 11.2 Å². The Bertz CT molecular complexity index is 1280. The SMILES string of the molecule is CS(=O)(=O)N[C@@H]1[C@H](Cc2cccc(-c3ccccc3)c2F)N(C(=O)NC23CC(F)(C2)C3)CC12CC2. The van der Waals surface area contributed by atoms with Gasteiger partial charge in [0.1, 0.15) is 11.5 Å². The maximum atomic E-state index is 15.7. The van der Waals surface area contributed by atoms with Crippen molar-refractivity contribution in [2.45, 2.75) is 61.8 Å². The van der Waals surface area contributed by atoms with Crippen LogP contribution in [0.5, 0.6) is 0 Å². The number of rotatable bonds is 6. The summed E-state index contributed by atoms with van der Waals surface area (Å²) < 4.78 is 57.0. The molecular formula is C26H29F2N3O3S. The first-order valence-corrected chi connectivity index (χ1v) is 14.0. The molecule has 1 spiro atoms. The van der Waals surface area contributed by atoms with E-state index >= 15 is 4.39 Å². The number of sulfonamides is 1. The van der Waals surface area contributed by atoms with E-state index in [0.29, 0.717) is 36.9 Å². The fourth-order valence-corrected chi connectivity index (χ4v) is 7.42. The lowest BCUT2D eigenvalue weighted by Gasteiger charge is -2.65. The Balaban J connectivity index is 1.32. The molecule has 2 amide bonds. The largest absolute Gasteiger partial charge is 0.332 e. The molecule has 2 atom stereocenters. The van der Waals surface area contributed by atoms with Crippen LogP contribution in [0.1, 0.15) is 37.7 Å². The highest BCUT2D eigenvalue weighted by atomic mass is 32.2. The van der Waals surface area contributed by atoms with E-state index in [9.17, 15) is 17.6 Å². The number of carbonyl (C=O) groups is 1.